The molecule has 1 heterocycles. The molecular weight excluding hydrogens is 270 g/mol. The summed E-state index contributed by atoms with van der Waals surface area (Å²) in [6, 6.07) is 0.105. The molecule has 1 aliphatic rings. The molecule has 1 unspecified atom stereocenters. The maximum absolute atomic E-state index is 12.1. The summed E-state index contributed by atoms with van der Waals surface area (Å²) in [5, 5.41) is 0. The van der Waals surface area contributed by atoms with E-state index >= 15 is 0 Å². The summed E-state index contributed by atoms with van der Waals surface area (Å²) >= 11 is 4.77. The number of thiocarbonyl (C=S) groups is 1. The van der Waals surface area contributed by atoms with E-state index in [9.17, 15) is 8.42 Å². The van der Waals surface area contributed by atoms with Gasteiger partial charge in [0.15, 0.2) is 0 Å². The van der Waals surface area contributed by atoms with E-state index in [0.717, 1.165) is 32.1 Å². The molecule has 0 saturated carbocycles. The van der Waals surface area contributed by atoms with E-state index in [1.807, 2.05) is 6.92 Å². The number of hydrogen-bond acceptors (Lipinski definition) is 3. The second kappa shape index (κ2) is 7.37. The molecule has 1 saturated heterocycles. The zero-order chi connectivity index (χ0) is 13.6. The fourth-order valence-corrected chi connectivity index (χ4v) is 3.80. The van der Waals surface area contributed by atoms with Gasteiger partial charge in [-0.2, -0.15) is 12.7 Å². The average Bonchev–Trinajstić information content (AvgIpc) is 2.28. The number of rotatable bonds is 7. The number of nitrogens with two attached hydrogens (primary N) is 1. The topological polar surface area (TPSA) is 75.4 Å². The lowest BCUT2D eigenvalue weighted by Gasteiger charge is -2.32. The third-order valence-corrected chi connectivity index (χ3v) is 5.12. The van der Waals surface area contributed by atoms with E-state index in [0.29, 0.717) is 24.5 Å². The van der Waals surface area contributed by atoms with Crippen LogP contribution in [0.1, 0.15) is 45.4 Å². The Bertz CT molecular complexity index is 370. The maximum Gasteiger partial charge on any atom is 0.279 e. The standard InChI is InChI=1S/C11H23N3O2S2/c1-10-6-3-5-9-14(10)18(15,16)13-8-4-2-7-11(12)17/h10,13H,2-9H2,1H3,(H2,12,17). The van der Waals surface area contributed by atoms with E-state index in [2.05, 4.69) is 4.72 Å². The Hall–Kier alpha value is -0.240. The van der Waals surface area contributed by atoms with Gasteiger partial charge in [0.25, 0.3) is 10.2 Å². The number of nitrogens with zero attached hydrogens (tertiary/aromatic N) is 1. The van der Waals surface area contributed by atoms with Gasteiger partial charge in [-0.05, 0) is 39.0 Å². The van der Waals surface area contributed by atoms with Gasteiger partial charge in [0.1, 0.15) is 0 Å². The quantitative estimate of drug-likeness (QED) is 0.545. The van der Waals surface area contributed by atoms with E-state index < -0.39 is 10.2 Å². The highest BCUT2D eigenvalue weighted by Crippen LogP contribution is 2.18. The summed E-state index contributed by atoms with van der Waals surface area (Å²) in [6.45, 7) is 3.04. The van der Waals surface area contributed by atoms with Gasteiger partial charge in [0.2, 0.25) is 0 Å². The van der Waals surface area contributed by atoms with Crippen LogP contribution in [0.4, 0.5) is 0 Å². The predicted molar refractivity (Wildman–Crippen MR) is 77.6 cm³/mol. The Morgan fingerprint density at radius 2 is 2.17 bits per heavy atom. The van der Waals surface area contributed by atoms with E-state index in [4.69, 9.17) is 18.0 Å². The highest BCUT2D eigenvalue weighted by atomic mass is 32.2. The van der Waals surface area contributed by atoms with Gasteiger partial charge in [-0.25, -0.2) is 4.72 Å². The first kappa shape index (κ1) is 15.8. The largest absolute Gasteiger partial charge is 0.393 e. The van der Waals surface area contributed by atoms with Crippen LogP contribution in [0, 0.1) is 0 Å². The van der Waals surface area contributed by atoms with Gasteiger partial charge >= 0.3 is 0 Å². The molecule has 18 heavy (non-hydrogen) atoms. The molecule has 0 aromatic carbocycles. The first-order valence-corrected chi connectivity index (χ1v) is 8.33. The number of nitrogens with one attached hydrogen (secondary N) is 1. The molecule has 1 atom stereocenters. The molecule has 1 aliphatic heterocycles. The maximum atomic E-state index is 12.1. The minimum atomic E-state index is -3.31. The Labute approximate surface area is 115 Å². The monoisotopic (exact) mass is 293 g/mol. The second-order valence-electron chi connectivity index (χ2n) is 4.78. The summed E-state index contributed by atoms with van der Waals surface area (Å²) < 4.78 is 28.3. The van der Waals surface area contributed by atoms with Gasteiger partial charge in [-0.1, -0.05) is 18.6 Å². The molecule has 106 valence electrons. The van der Waals surface area contributed by atoms with Crippen LogP contribution in [0.3, 0.4) is 0 Å². The molecule has 3 N–H and O–H groups in total. The molecule has 0 aromatic heterocycles. The third kappa shape index (κ3) is 5.17. The van der Waals surface area contributed by atoms with Crippen molar-refractivity contribution in [3.63, 3.8) is 0 Å². The highest BCUT2D eigenvalue weighted by Gasteiger charge is 2.28. The molecule has 0 bridgehead atoms. The van der Waals surface area contributed by atoms with Crippen molar-refractivity contribution in [2.75, 3.05) is 13.1 Å². The third-order valence-electron chi connectivity index (χ3n) is 3.19. The molecule has 0 spiro atoms. The summed E-state index contributed by atoms with van der Waals surface area (Å²) in [6.07, 6.45) is 5.28. The lowest BCUT2D eigenvalue weighted by molar-refractivity contribution is 0.265. The van der Waals surface area contributed by atoms with Gasteiger partial charge in [-0.3, -0.25) is 0 Å². The van der Waals surface area contributed by atoms with Crippen molar-refractivity contribution < 1.29 is 8.42 Å². The predicted octanol–water partition coefficient (Wildman–Crippen LogP) is 1.15. The van der Waals surface area contributed by atoms with Crippen molar-refractivity contribution in [1.29, 1.82) is 0 Å². The molecular formula is C11H23N3O2S2. The Kier molecular flexibility index (Phi) is 6.48. The van der Waals surface area contributed by atoms with Crippen LogP contribution >= 0.6 is 12.2 Å². The van der Waals surface area contributed by atoms with Crippen molar-refractivity contribution in [2.45, 2.75) is 51.5 Å². The minimum absolute atomic E-state index is 0.105. The van der Waals surface area contributed by atoms with Gasteiger partial charge in [0, 0.05) is 19.1 Å². The molecule has 0 amide bonds. The van der Waals surface area contributed by atoms with Crippen LogP contribution in [-0.2, 0) is 10.2 Å². The second-order valence-corrected chi connectivity index (χ2v) is 7.01. The van der Waals surface area contributed by atoms with Crippen molar-refractivity contribution >= 4 is 27.4 Å². The van der Waals surface area contributed by atoms with Gasteiger partial charge < -0.3 is 5.73 Å². The molecule has 1 fully saturated rings. The first-order valence-electron chi connectivity index (χ1n) is 6.48. The first-order chi connectivity index (χ1) is 8.43. The fourth-order valence-electron chi connectivity index (χ4n) is 2.14. The van der Waals surface area contributed by atoms with Crippen LogP contribution in [0.15, 0.2) is 0 Å². The number of piperidine rings is 1. The molecule has 0 aromatic rings. The van der Waals surface area contributed by atoms with Gasteiger partial charge in [0.05, 0.1) is 4.99 Å². The van der Waals surface area contributed by atoms with Crippen LogP contribution in [0.2, 0.25) is 0 Å². The fraction of sp³-hybridized carbons (Fsp3) is 0.909. The highest BCUT2D eigenvalue weighted by molar-refractivity contribution is 7.87. The van der Waals surface area contributed by atoms with Crippen LogP contribution in [0.25, 0.3) is 0 Å². The summed E-state index contributed by atoms with van der Waals surface area (Å²) in [5.74, 6) is 0. The lowest BCUT2D eigenvalue weighted by Crippen LogP contribution is -2.48. The molecule has 7 heteroatoms. The van der Waals surface area contributed by atoms with Crippen molar-refractivity contribution in [3.05, 3.63) is 0 Å². The molecule has 0 aliphatic carbocycles. The van der Waals surface area contributed by atoms with Crippen LogP contribution < -0.4 is 10.5 Å². The average molecular weight is 293 g/mol. The Morgan fingerprint density at radius 3 is 2.78 bits per heavy atom. The molecule has 5 nitrogen and oxygen atoms in total. The Balaban J connectivity index is 2.32. The zero-order valence-corrected chi connectivity index (χ0v) is 12.5. The SMILES string of the molecule is CC1CCCCN1S(=O)(=O)NCCCCC(N)=S. The van der Waals surface area contributed by atoms with Crippen LogP contribution in [0.5, 0.6) is 0 Å². The van der Waals surface area contributed by atoms with E-state index in [1.54, 1.807) is 4.31 Å². The minimum Gasteiger partial charge on any atom is -0.393 e. The van der Waals surface area contributed by atoms with Crippen LogP contribution in [-0.4, -0.2) is 36.8 Å². The normalized spacial score (nSPS) is 21.9. The van der Waals surface area contributed by atoms with Crippen molar-refractivity contribution in [3.8, 4) is 0 Å². The zero-order valence-electron chi connectivity index (χ0n) is 10.9. The lowest BCUT2D eigenvalue weighted by atomic mass is 10.1. The number of hydrogen-bond donors (Lipinski definition) is 2. The van der Waals surface area contributed by atoms with E-state index in [-0.39, 0.29) is 6.04 Å². The van der Waals surface area contributed by atoms with Gasteiger partial charge in [-0.15, -0.1) is 0 Å². The summed E-state index contributed by atoms with van der Waals surface area (Å²) in [4.78, 5) is 0.488. The number of unbranched alkanes of at least 4 members (excludes halogenated alkanes) is 1. The molecule has 1 rings (SSSR count). The smallest absolute Gasteiger partial charge is 0.279 e. The summed E-state index contributed by atoms with van der Waals surface area (Å²) in [5.41, 5.74) is 5.38. The molecule has 0 radical (unpaired) electrons. The Morgan fingerprint density at radius 1 is 1.44 bits per heavy atom. The summed E-state index contributed by atoms with van der Waals surface area (Å²) in [7, 11) is -3.31. The van der Waals surface area contributed by atoms with E-state index in [1.165, 1.54) is 0 Å². The van der Waals surface area contributed by atoms with Crippen molar-refractivity contribution in [1.82, 2.24) is 9.03 Å². The van der Waals surface area contributed by atoms with Crippen molar-refractivity contribution in [2.24, 2.45) is 5.73 Å².